The van der Waals surface area contributed by atoms with Gasteiger partial charge in [-0.05, 0) is 30.4 Å². The molecule has 1 aromatic heterocycles. The van der Waals surface area contributed by atoms with Gasteiger partial charge in [0.05, 0.1) is 11.9 Å². The highest BCUT2D eigenvalue weighted by atomic mass is 16.1. The lowest BCUT2D eigenvalue weighted by molar-refractivity contribution is 0.444. The van der Waals surface area contributed by atoms with Gasteiger partial charge in [0, 0.05) is 6.20 Å². The van der Waals surface area contributed by atoms with Crippen molar-refractivity contribution in [3.8, 4) is 0 Å². The van der Waals surface area contributed by atoms with Crippen molar-refractivity contribution in [1.82, 2.24) is 4.98 Å². The van der Waals surface area contributed by atoms with E-state index in [0.717, 1.165) is 5.56 Å². The predicted octanol–water partition coefficient (Wildman–Crippen LogP) is 3.10. The topological polar surface area (TPSA) is 42.3 Å². The third kappa shape index (κ3) is 2.31. The Labute approximate surface area is 89.3 Å². The molecule has 1 aromatic rings. The highest BCUT2D eigenvalue weighted by molar-refractivity contribution is 5.53. The Morgan fingerprint density at radius 3 is 2.87 bits per heavy atom. The van der Waals surface area contributed by atoms with Gasteiger partial charge < -0.3 is 0 Å². The molecule has 0 aromatic carbocycles. The molecule has 15 heavy (non-hydrogen) atoms. The van der Waals surface area contributed by atoms with Crippen molar-refractivity contribution in [2.24, 2.45) is 4.99 Å². The summed E-state index contributed by atoms with van der Waals surface area (Å²) in [5.41, 5.74) is 1.85. The molecule has 0 spiro atoms. The Morgan fingerprint density at radius 2 is 2.13 bits per heavy atom. The maximum absolute atomic E-state index is 10.3. The molecule has 0 N–H and O–H groups in total. The second-order valence-electron chi connectivity index (χ2n) is 3.97. The first-order valence-electron chi connectivity index (χ1n) is 5.43. The number of aromatic nitrogens is 1. The molecule has 0 amide bonds. The average Bonchev–Trinajstić information content (AvgIpc) is 2.31. The summed E-state index contributed by atoms with van der Waals surface area (Å²) in [4.78, 5) is 18.0. The smallest absolute Gasteiger partial charge is 0.240 e. The maximum atomic E-state index is 10.3. The summed E-state index contributed by atoms with van der Waals surface area (Å²) >= 11 is 0. The second-order valence-corrected chi connectivity index (χ2v) is 3.97. The minimum Gasteiger partial charge on any atom is -0.262 e. The van der Waals surface area contributed by atoms with Crippen molar-refractivity contribution in [2.45, 2.75) is 38.0 Å². The van der Waals surface area contributed by atoms with Gasteiger partial charge >= 0.3 is 0 Å². The van der Waals surface area contributed by atoms with E-state index in [-0.39, 0.29) is 0 Å². The molecule has 1 heterocycles. The summed E-state index contributed by atoms with van der Waals surface area (Å²) < 4.78 is 0. The summed E-state index contributed by atoms with van der Waals surface area (Å²) in [5, 5.41) is 0. The van der Waals surface area contributed by atoms with Crippen LogP contribution in [0.25, 0.3) is 0 Å². The molecule has 0 aliphatic heterocycles. The summed E-state index contributed by atoms with van der Waals surface area (Å²) in [6.45, 7) is 0. The highest BCUT2D eigenvalue weighted by Crippen LogP contribution is 2.36. The van der Waals surface area contributed by atoms with E-state index in [4.69, 9.17) is 0 Å². The Hall–Kier alpha value is -1.47. The molecule has 0 bridgehead atoms. The van der Waals surface area contributed by atoms with Crippen LogP contribution in [0.5, 0.6) is 0 Å². The molecule has 2 rings (SSSR count). The van der Waals surface area contributed by atoms with E-state index in [1.165, 1.54) is 32.1 Å². The van der Waals surface area contributed by atoms with E-state index >= 15 is 0 Å². The quantitative estimate of drug-likeness (QED) is 0.546. The molecule has 1 aliphatic rings. The van der Waals surface area contributed by atoms with Crippen molar-refractivity contribution >= 4 is 11.8 Å². The lowest BCUT2D eigenvalue weighted by Crippen LogP contribution is -2.04. The fourth-order valence-corrected chi connectivity index (χ4v) is 2.30. The highest BCUT2D eigenvalue weighted by Gasteiger charge is 2.18. The van der Waals surface area contributed by atoms with E-state index in [9.17, 15) is 4.79 Å². The molecule has 78 valence electrons. The summed E-state index contributed by atoms with van der Waals surface area (Å²) in [6.07, 6.45) is 11.3. The van der Waals surface area contributed by atoms with E-state index in [2.05, 4.69) is 9.98 Å². The number of isocyanates is 1. The fraction of sp³-hybridized carbons (Fsp3) is 0.500. The van der Waals surface area contributed by atoms with Gasteiger partial charge in [-0.2, -0.15) is 4.99 Å². The standard InChI is InChI=1S/C12H14N2O/c15-9-14-12-8-13-7-6-11(12)10-4-2-1-3-5-10/h6-8,10H,1-5H2. The Kier molecular flexibility index (Phi) is 3.25. The molecule has 1 fully saturated rings. The molecule has 0 saturated heterocycles. The van der Waals surface area contributed by atoms with Crippen molar-refractivity contribution in [3.05, 3.63) is 24.0 Å². The molecule has 1 saturated carbocycles. The minimum absolute atomic E-state index is 0.550. The van der Waals surface area contributed by atoms with E-state index in [1.54, 1.807) is 18.5 Å². The third-order valence-electron chi connectivity index (χ3n) is 3.04. The van der Waals surface area contributed by atoms with Crippen LogP contribution >= 0.6 is 0 Å². The Balaban J connectivity index is 2.28. The average molecular weight is 202 g/mol. The molecule has 3 heteroatoms. The zero-order valence-electron chi connectivity index (χ0n) is 8.65. The van der Waals surface area contributed by atoms with Crippen LogP contribution in [0, 0.1) is 0 Å². The first kappa shape index (κ1) is 10.1. The van der Waals surface area contributed by atoms with Gasteiger partial charge in [-0.15, -0.1) is 0 Å². The molecular formula is C12H14N2O. The minimum atomic E-state index is 0.550. The van der Waals surface area contributed by atoms with Crippen LogP contribution in [0.3, 0.4) is 0 Å². The van der Waals surface area contributed by atoms with Gasteiger partial charge in [-0.1, -0.05) is 19.3 Å². The number of pyridine rings is 1. The van der Waals surface area contributed by atoms with Crippen molar-refractivity contribution in [1.29, 1.82) is 0 Å². The number of nitrogens with zero attached hydrogens (tertiary/aromatic N) is 2. The number of hydrogen-bond donors (Lipinski definition) is 0. The normalized spacial score (nSPS) is 17.1. The summed E-state index contributed by atoms with van der Waals surface area (Å²) in [7, 11) is 0. The van der Waals surface area contributed by atoms with Crippen LogP contribution in [-0.2, 0) is 4.79 Å². The van der Waals surface area contributed by atoms with Gasteiger partial charge in [0.15, 0.2) is 0 Å². The zero-order valence-corrected chi connectivity index (χ0v) is 8.65. The first-order chi connectivity index (χ1) is 7.42. The zero-order chi connectivity index (χ0) is 10.5. The lowest BCUT2D eigenvalue weighted by atomic mass is 9.84. The van der Waals surface area contributed by atoms with Crippen LogP contribution < -0.4 is 0 Å². The number of carbonyl (C=O) groups excluding carboxylic acids is 1. The van der Waals surface area contributed by atoms with Gasteiger partial charge in [0.2, 0.25) is 6.08 Å². The predicted molar refractivity (Wildman–Crippen MR) is 57.8 cm³/mol. The van der Waals surface area contributed by atoms with Crippen LogP contribution in [0.2, 0.25) is 0 Å². The van der Waals surface area contributed by atoms with Crippen molar-refractivity contribution in [3.63, 3.8) is 0 Å². The SMILES string of the molecule is O=C=Nc1cnccc1C1CCCCC1. The van der Waals surface area contributed by atoms with E-state index in [1.807, 2.05) is 6.07 Å². The number of aliphatic imine (C=N–C) groups is 1. The van der Waals surface area contributed by atoms with Crippen LogP contribution in [0.4, 0.5) is 5.69 Å². The molecule has 3 nitrogen and oxygen atoms in total. The van der Waals surface area contributed by atoms with Gasteiger partial charge in [0.1, 0.15) is 0 Å². The molecule has 0 atom stereocenters. The Bertz CT molecular complexity index is 377. The molecule has 0 unspecified atom stereocenters. The maximum Gasteiger partial charge on any atom is 0.240 e. The Morgan fingerprint density at radius 1 is 1.33 bits per heavy atom. The third-order valence-corrected chi connectivity index (χ3v) is 3.04. The summed E-state index contributed by atoms with van der Waals surface area (Å²) in [6, 6.07) is 1.98. The monoisotopic (exact) mass is 202 g/mol. The van der Waals surface area contributed by atoms with E-state index in [0.29, 0.717) is 11.6 Å². The van der Waals surface area contributed by atoms with Crippen LogP contribution in [0.1, 0.15) is 43.6 Å². The largest absolute Gasteiger partial charge is 0.262 e. The first-order valence-corrected chi connectivity index (χ1v) is 5.43. The van der Waals surface area contributed by atoms with Crippen LogP contribution in [-0.4, -0.2) is 11.1 Å². The van der Waals surface area contributed by atoms with Gasteiger partial charge in [-0.3, -0.25) is 4.98 Å². The number of rotatable bonds is 2. The second kappa shape index (κ2) is 4.85. The van der Waals surface area contributed by atoms with Gasteiger partial charge in [0.25, 0.3) is 0 Å². The number of hydrogen-bond acceptors (Lipinski definition) is 3. The van der Waals surface area contributed by atoms with E-state index < -0.39 is 0 Å². The van der Waals surface area contributed by atoms with Gasteiger partial charge in [-0.25, -0.2) is 4.79 Å². The fourth-order valence-electron chi connectivity index (χ4n) is 2.30. The molecule has 0 radical (unpaired) electrons. The van der Waals surface area contributed by atoms with Crippen molar-refractivity contribution < 1.29 is 4.79 Å². The van der Waals surface area contributed by atoms with Crippen LogP contribution in [0.15, 0.2) is 23.5 Å². The summed E-state index contributed by atoms with van der Waals surface area (Å²) in [5.74, 6) is 0.550. The van der Waals surface area contributed by atoms with Crippen molar-refractivity contribution in [2.75, 3.05) is 0 Å². The lowest BCUT2D eigenvalue weighted by Gasteiger charge is -2.22. The molecule has 1 aliphatic carbocycles. The molecular weight excluding hydrogens is 188 g/mol.